The van der Waals surface area contributed by atoms with E-state index in [-0.39, 0.29) is 17.5 Å². The third-order valence-electron chi connectivity index (χ3n) is 5.01. The lowest BCUT2D eigenvalue weighted by molar-refractivity contribution is 0.365. The molecule has 2 N–H and O–H groups in total. The minimum absolute atomic E-state index is 0.0338. The van der Waals surface area contributed by atoms with Gasteiger partial charge >= 0.3 is 0 Å². The number of halogens is 1. The van der Waals surface area contributed by atoms with Crippen LogP contribution < -0.4 is 15.4 Å². The molecule has 0 saturated carbocycles. The maximum absolute atomic E-state index is 14.0. The van der Waals surface area contributed by atoms with Gasteiger partial charge in [-0.3, -0.25) is 0 Å². The van der Waals surface area contributed by atoms with Crippen molar-refractivity contribution in [2.24, 2.45) is 16.6 Å². The molecule has 136 valence electrons. The van der Waals surface area contributed by atoms with Gasteiger partial charge in [0.05, 0.1) is 19.3 Å². The first-order valence-corrected chi connectivity index (χ1v) is 9.39. The molecule has 3 heterocycles. The van der Waals surface area contributed by atoms with Crippen molar-refractivity contribution in [2.75, 3.05) is 30.9 Å². The number of hydrogen-bond donors (Lipinski definition) is 1. The smallest absolute Gasteiger partial charge is 0.255 e. The number of aromatic nitrogens is 2. The van der Waals surface area contributed by atoms with Crippen LogP contribution in [0.1, 0.15) is 11.3 Å². The Labute approximate surface area is 155 Å². The summed E-state index contributed by atoms with van der Waals surface area (Å²) in [6.07, 6.45) is 0. The molecule has 0 spiro atoms. The maximum atomic E-state index is 14.0. The van der Waals surface area contributed by atoms with Gasteiger partial charge in [0, 0.05) is 18.2 Å². The number of rotatable bonds is 3. The predicted octanol–water partition coefficient (Wildman–Crippen LogP) is 2.33. The van der Waals surface area contributed by atoms with Gasteiger partial charge in [0.2, 0.25) is 11.8 Å². The molecule has 26 heavy (non-hydrogen) atoms. The summed E-state index contributed by atoms with van der Waals surface area (Å²) < 4.78 is 19.1. The fourth-order valence-electron chi connectivity index (χ4n) is 3.70. The fraction of sp³-hybridized carbons (Fsp3) is 0.389. The summed E-state index contributed by atoms with van der Waals surface area (Å²) in [6.45, 7) is 2.94. The quantitative estimate of drug-likeness (QED) is 0.890. The van der Waals surface area contributed by atoms with Crippen LogP contribution in [-0.2, 0) is 5.54 Å². The molecule has 1 saturated heterocycles. The van der Waals surface area contributed by atoms with E-state index in [9.17, 15) is 4.39 Å². The Kier molecular flexibility index (Phi) is 4.22. The summed E-state index contributed by atoms with van der Waals surface area (Å²) in [6, 6.07) is 10.2. The van der Waals surface area contributed by atoms with E-state index in [0.29, 0.717) is 17.7 Å². The molecule has 2 aliphatic rings. The van der Waals surface area contributed by atoms with Crippen molar-refractivity contribution < 1.29 is 9.13 Å². The summed E-state index contributed by atoms with van der Waals surface area (Å²) in [5.74, 6) is 1.04. The molecule has 1 fully saturated rings. The molecular weight excluding hydrogens is 353 g/mol. The lowest BCUT2D eigenvalue weighted by Gasteiger charge is -2.34. The number of fused-ring (bicyclic) bond motifs is 1. The van der Waals surface area contributed by atoms with Gasteiger partial charge < -0.3 is 15.4 Å². The zero-order valence-corrected chi connectivity index (χ0v) is 15.5. The monoisotopic (exact) mass is 373 g/mol. The molecule has 2 atom stereocenters. The summed E-state index contributed by atoms with van der Waals surface area (Å²) in [5.41, 5.74) is 7.04. The number of ether oxygens (including phenoxy) is 1. The van der Waals surface area contributed by atoms with E-state index in [4.69, 9.17) is 15.5 Å². The highest BCUT2D eigenvalue weighted by atomic mass is 32.2. The highest BCUT2D eigenvalue weighted by Gasteiger charge is 2.50. The second kappa shape index (κ2) is 6.42. The SMILES string of the molecule is COc1nc(N2CC3CSC(N)=NC3(c3ccccc3)C2)nc(C)c1F. The van der Waals surface area contributed by atoms with Gasteiger partial charge in [-0.25, -0.2) is 9.98 Å². The van der Waals surface area contributed by atoms with Crippen LogP contribution >= 0.6 is 11.8 Å². The zero-order chi connectivity index (χ0) is 18.3. The van der Waals surface area contributed by atoms with Crippen LogP contribution in [0.4, 0.5) is 10.3 Å². The van der Waals surface area contributed by atoms with Crippen molar-refractivity contribution in [1.29, 1.82) is 0 Å². The van der Waals surface area contributed by atoms with Crippen LogP contribution in [0.3, 0.4) is 0 Å². The summed E-state index contributed by atoms with van der Waals surface area (Å²) >= 11 is 1.57. The molecule has 6 nitrogen and oxygen atoms in total. The Bertz CT molecular complexity index is 862. The van der Waals surface area contributed by atoms with Crippen molar-refractivity contribution in [3.05, 3.63) is 47.4 Å². The van der Waals surface area contributed by atoms with E-state index in [2.05, 4.69) is 27.0 Å². The fourth-order valence-corrected chi connectivity index (χ4v) is 4.68. The van der Waals surface area contributed by atoms with E-state index in [1.807, 2.05) is 18.2 Å². The van der Waals surface area contributed by atoms with E-state index >= 15 is 0 Å². The van der Waals surface area contributed by atoms with Crippen LogP contribution in [-0.4, -0.2) is 41.1 Å². The largest absolute Gasteiger partial charge is 0.479 e. The molecule has 2 aromatic rings. The third-order valence-corrected chi connectivity index (χ3v) is 5.97. The first-order chi connectivity index (χ1) is 12.5. The number of hydrogen-bond acceptors (Lipinski definition) is 7. The molecule has 0 bridgehead atoms. The topological polar surface area (TPSA) is 76.6 Å². The van der Waals surface area contributed by atoms with Crippen molar-refractivity contribution in [2.45, 2.75) is 12.5 Å². The summed E-state index contributed by atoms with van der Waals surface area (Å²) in [7, 11) is 1.41. The zero-order valence-electron chi connectivity index (χ0n) is 14.6. The number of benzene rings is 1. The molecule has 0 radical (unpaired) electrons. The van der Waals surface area contributed by atoms with Gasteiger partial charge in [-0.15, -0.1) is 0 Å². The molecule has 1 aromatic heterocycles. The maximum Gasteiger partial charge on any atom is 0.255 e. The van der Waals surface area contributed by atoms with E-state index in [1.54, 1.807) is 18.7 Å². The molecular formula is C18H20FN5OS. The molecule has 0 amide bonds. The summed E-state index contributed by atoms with van der Waals surface area (Å²) in [5, 5.41) is 0.598. The summed E-state index contributed by atoms with van der Waals surface area (Å²) in [4.78, 5) is 15.5. The van der Waals surface area contributed by atoms with Crippen molar-refractivity contribution in [3.63, 3.8) is 0 Å². The highest BCUT2D eigenvalue weighted by molar-refractivity contribution is 8.13. The number of aliphatic imine (C=N–C) groups is 1. The highest BCUT2D eigenvalue weighted by Crippen LogP contribution is 2.46. The molecule has 2 aliphatic heterocycles. The molecule has 1 aromatic carbocycles. The van der Waals surface area contributed by atoms with Gasteiger partial charge in [0.1, 0.15) is 5.54 Å². The van der Waals surface area contributed by atoms with Gasteiger partial charge in [0.25, 0.3) is 5.88 Å². The number of nitrogens with two attached hydrogens (primary N) is 1. The third kappa shape index (κ3) is 2.68. The van der Waals surface area contributed by atoms with E-state index < -0.39 is 11.4 Å². The van der Waals surface area contributed by atoms with Crippen LogP contribution in [0.25, 0.3) is 0 Å². The Balaban J connectivity index is 1.76. The van der Waals surface area contributed by atoms with E-state index in [0.717, 1.165) is 17.9 Å². The Morgan fingerprint density at radius 2 is 2.08 bits per heavy atom. The number of thioether (sulfide) groups is 1. The normalized spacial score (nSPS) is 25.0. The van der Waals surface area contributed by atoms with Gasteiger partial charge in [-0.05, 0) is 12.5 Å². The Morgan fingerprint density at radius 1 is 1.31 bits per heavy atom. The minimum Gasteiger partial charge on any atom is -0.479 e. The first kappa shape index (κ1) is 17.1. The van der Waals surface area contributed by atoms with Crippen LogP contribution in [0.5, 0.6) is 5.88 Å². The van der Waals surface area contributed by atoms with Crippen molar-refractivity contribution in [3.8, 4) is 5.88 Å². The Morgan fingerprint density at radius 3 is 2.81 bits per heavy atom. The number of amidine groups is 1. The minimum atomic E-state index is -0.525. The number of anilines is 1. The number of nitrogens with zero attached hydrogens (tertiary/aromatic N) is 4. The van der Waals surface area contributed by atoms with E-state index in [1.165, 1.54) is 7.11 Å². The van der Waals surface area contributed by atoms with Crippen molar-refractivity contribution in [1.82, 2.24) is 9.97 Å². The standard InChI is InChI=1S/C18H20FN5OS/c1-11-14(19)15(25-2)22-17(21-11)24-8-13-9-26-16(20)23-18(13,10-24)12-6-4-3-5-7-12/h3-7,13H,8-10H2,1-2H3,(H2,20,23). The van der Waals surface area contributed by atoms with Crippen LogP contribution in [0.2, 0.25) is 0 Å². The van der Waals surface area contributed by atoms with Gasteiger partial charge in [0.15, 0.2) is 5.17 Å². The Hall–Kier alpha value is -2.35. The number of methoxy groups -OCH3 is 1. The predicted molar refractivity (Wildman–Crippen MR) is 101 cm³/mol. The van der Waals surface area contributed by atoms with Gasteiger partial charge in [-0.1, -0.05) is 42.1 Å². The average Bonchev–Trinajstić information content (AvgIpc) is 3.04. The molecule has 2 unspecified atom stereocenters. The first-order valence-electron chi connectivity index (χ1n) is 8.40. The van der Waals surface area contributed by atoms with Crippen LogP contribution in [0.15, 0.2) is 35.3 Å². The molecule has 0 aliphatic carbocycles. The number of aryl methyl sites for hydroxylation is 1. The molecule has 8 heteroatoms. The van der Waals surface area contributed by atoms with Crippen molar-refractivity contribution >= 4 is 22.9 Å². The second-order valence-corrected chi connectivity index (χ2v) is 7.60. The van der Waals surface area contributed by atoms with Crippen LogP contribution in [0, 0.1) is 18.7 Å². The lowest BCUT2D eigenvalue weighted by Crippen LogP contribution is -2.40. The average molecular weight is 373 g/mol. The lowest BCUT2D eigenvalue weighted by atomic mass is 9.82. The van der Waals surface area contributed by atoms with Gasteiger partial charge in [-0.2, -0.15) is 9.37 Å². The second-order valence-electron chi connectivity index (χ2n) is 6.56. The molecule has 4 rings (SSSR count).